The molecule has 2 aromatic rings. The fraction of sp³-hybridized carbons (Fsp3) is 0.450. The molecule has 2 rings (SSSR count). The fourth-order valence-corrected chi connectivity index (χ4v) is 3.36. The maximum atomic E-state index is 4.83. The van der Waals surface area contributed by atoms with Crippen molar-refractivity contribution < 1.29 is 0 Å². The minimum Gasteiger partial charge on any atom is -0.357 e. The van der Waals surface area contributed by atoms with E-state index in [-0.39, 0.29) is 0 Å². The summed E-state index contributed by atoms with van der Waals surface area (Å²) in [6.07, 6.45) is 1.05. The van der Waals surface area contributed by atoms with Crippen molar-refractivity contribution in [3.63, 3.8) is 0 Å². The van der Waals surface area contributed by atoms with Crippen LogP contribution in [0.15, 0.2) is 46.8 Å². The summed E-state index contributed by atoms with van der Waals surface area (Å²) in [5.74, 6) is 0.970. The van der Waals surface area contributed by atoms with Crippen molar-refractivity contribution in [1.29, 1.82) is 0 Å². The van der Waals surface area contributed by atoms with Gasteiger partial charge in [0.15, 0.2) is 5.96 Å². The number of likely N-dealkylation sites (N-methyl/N-ethyl adjacent to an activating group) is 1. The lowest BCUT2D eigenvalue weighted by molar-refractivity contribution is 0.402. The molecule has 0 fully saturated rings. The zero-order valence-corrected chi connectivity index (χ0v) is 16.6. The van der Waals surface area contributed by atoms with Gasteiger partial charge in [0, 0.05) is 31.6 Å². The van der Waals surface area contributed by atoms with Gasteiger partial charge in [-0.2, -0.15) is 0 Å². The normalized spacial score (nSPS) is 11.8. The van der Waals surface area contributed by atoms with Gasteiger partial charge in [0.25, 0.3) is 0 Å². The quantitative estimate of drug-likeness (QED) is 0.579. The second kappa shape index (κ2) is 10.2. The summed E-state index contributed by atoms with van der Waals surface area (Å²) in [7, 11) is 6.30. The van der Waals surface area contributed by atoms with E-state index in [0.29, 0.717) is 6.54 Å². The van der Waals surface area contributed by atoms with E-state index in [0.717, 1.165) is 32.0 Å². The Labute approximate surface area is 156 Å². The SMILES string of the molecule is CCNC(=NCc1cccc(CN(C)C)c1)N(C)CCc1cccs1. The van der Waals surface area contributed by atoms with Crippen LogP contribution in [0.3, 0.4) is 0 Å². The van der Waals surface area contributed by atoms with Gasteiger partial charge in [-0.05, 0) is 50.0 Å². The van der Waals surface area contributed by atoms with Crippen LogP contribution >= 0.6 is 11.3 Å². The van der Waals surface area contributed by atoms with Crippen LogP contribution < -0.4 is 5.32 Å². The van der Waals surface area contributed by atoms with Gasteiger partial charge >= 0.3 is 0 Å². The van der Waals surface area contributed by atoms with Crippen LogP contribution in [0.4, 0.5) is 0 Å². The lowest BCUT2D eigenvalue weighted by atomic mass is 10.1. The van der Waals surface area contributed by atoms with Crippen LogP contribution in [-0.4, -0.2) is 50.0 Å². The standard InChI is InChI=1S/C20H30N4S/c1-5-21-20(24(4)12-11-19-10-7-13-25-19)22-15-17-8-6-9-18(14-17)16-23(2)3/h6-10,13-14H,5,11-12,15-16H2,1-4H3,(H,21,22). The minimum atomic E-state index is 0.701. The molecule has 0 bridgehead atoms. The Morgan fingerprint density at radius 1 is 1.12 bits per heavy atom. The zero-order chi connectivity index (χ0) is 18.1. The van der Waals surface area contributed by atoms with Crippen LogP contribution in [-0.2, 0) is 19.5 Å². The highest BCUT2D eigenvalue weighted by Crippen LogP contribution is 2.10. The molecule has 0 radical (unpaired) electrons. The number of benzene rings is 1. The van der Waals surface area contributed by atoms with Crippen molar-refractivity contribution in [3.8, 4) is 0 Å². The largest absolute Gasteiger partial charge is 0.357 e. The van der Waals surface area contributed by atoms with E-state index in [1.807, 2.05) is 11.3 Å². The Balaban J connectivity index is 1.98. The molecule has 0 unspecified atom stereocenters. The van der Waals surface area contributed by atoms with Gasteiger partial charge in [-0.3, -0.25) is 0 Å². The summed E-state index contributed by atoms with van der Waals surface area (Å²) >= 11 is 1.82. The molecule has 1 N–H and O–H groups in total. The molecule has 0 saturated heterocycles. The first-order chi connectivity index (χ1) is 12.1. The third-order valence-electron chi connectivity index (χ3n) is 3.87. The molecular formula is C20H30N4S. The maximum Gasteiger partial charge on any atom is 0.193 e. The van der Waals surface area contributed by atoms with Crippen molar-refractivity contribution in [2.24, 2.45) is 4.99 Å². The Kier molecular flexibility index (Phi) is 7.95. The van der Waals surface area contributed by atoms with Gasteiger partial charge in [-0.15, -0.1) is 11.3 Å². The molecule has 5 heteroatoms. The van der Waals surface area contributed by atoms with E-state index in [9.17, 15) is 0 Å². The molecule has 1 heterocycles. The molecule has 4 nitrogen and oxygen atoms in total. The topological polar surface area (TPSA) is 30.9 Å². The van der Waals surface area contributed by atoms with Crippen molar-refractivity contribution in [3.05, 3.63) is 57.8 Å². The number of hydrogen-bond donors (Lipinski definition) is 1. The predicted octanol–water partition coefficient (Wildman–Crippen LogP) is 3.45. The number of thiophene rings is 1. The maximum absolute atomic E-state index is 4.83. The monoisotopic (exact) mass is 358 g/mol. The molecule has 0 aliphatic rings. The van der Waals surface area contributed by atoms with Gasteiger partial charge < -0.3 is 15.1 Å². The molecule has 25 heavy (non-hydrogen) atoms. The summed E-state index contributed by atoms with van der Waals surface area (Å²) in [5.41, 5.74) is 2.58. The van der Waals surface area contributed by atoms with Gasteiger partial charge in [0.1, 0.15) is 0 Å². The highest BCUT2D eigenvalue weighted by molar-refractivity contribution is 7.09. The van der Waals surface area contributed by atoms with Gasteiger partial charge in [-0.1, -0.05) is 30.3 Å². The van der Waals surface area contributed by atoms with E-state index < -0.39 is 0 Å². The first kappa shape index (κ1) is 19.5. The second-order valence-corrected chi connectivity index (χ2v) is 7.51. The van der Waals surface area contributed by atoms with Crippen molar-refractivity contribution >= 4 is 17.3 Å². The molecule has 1 aromatic carbocycles. The van der Waals surface area contributed by atoms with Crippen molar-refractivity contribution in [2.45, 2.75) is 26.4 Å². The van der Waals surface area contributed by atoms with E-state index in [2.05, 4.69) is 85.0 Å². The number of aliphatic imine (C=N–C) groups is 1. The van der Waals surface area contributed by atoms with Gasteiger partial charge in [0.2, 0.25) is 0 Å². The number of rotatable bonds is 8. The lowest BCUT2D eigenvalue weighted by Crippen LogP contribution is -2.39. The third kappa shape index (κ3) is 6.88. The van der Waals surface area contributed by atoms with Crippen LogP contribution in [0.1, 0.15) is 22.9 Å². The number of guanidine groups is 1. The first-order valence-corrected chi connectivity index (χ1v) is 9.71. The Morgan fingerprint density at radius 3 is 2.60 bits per heavy atom. The number of hydrogen-bond acceptors (Lipinski definition) is 3. The molecule has 0 atom stereocenters. The average Bonchev–Trinajstić information content (AvgIpc) is 3.09. The van der Waals surface area contributed by atoms with Crippen LogP contribution in [0.25, 0.3) is 0 Å². The third-order valence-corrected chi connectivity index (χ3v) is 4.81. The zero-order valence-electron chi connectivity index (χ0n) is 15.8. The Hall–Kier alpha value is -1.85. The molecule has 0 saturated carbocycles. The van der Waals surface area contributed by atoms with Crippen molar-refractivity contribution in [2.75, 3.05) is 34.2 Å². The molecular weight excluding hydrogens is 328 g/mol. The summed E-state index contributed by atoms with van der Waals surface area (Å²) in [6.45, 7) is 5.61. The Bertz CT molecular complexity index is 649. The molecule has 0 aliphatic carbocycles. The van der Waals surface area contributed by atoms with Crippen LogP contribution in [0.5, 0.6) is 0 Å². The Morgan fingerprint density at radius 2 is 1.92 bits per heavy atom. The lowest BCUT2D eigenvalue weighted by Gasteiger charge is -2.22. The fourth-order valence-electron chi connectivity index (χ4n) is 2.67. The number of nitrogens with zero attached hydrogens (tertiary/aromatic N) is 3. The molecule has 0 aliphatic heterocycles. The smallest absolute Gasteiger partial charge is 0.193 e. The summed E-state index contributed by atoms with van der Waals surface area (Å²) in [6, 6.07) is 13.0. The van der Waals surface area contributed by atoms with Crippen molar-refractivity contribution in [1.82, 2.24) is 15.1 Å². The van der Waals surface area contributed by atoms with Crippen LogP contribution in [0, 0.1) is 0 Å². The van der Waals surface area contributed by atoms with E-state index in [1.54, 1.807) is 0 Å². The van der Waals surface area contributed by atoms with E-state index >= 15 is 0 Å². The second-order valence-electron chi connectivity index (χ2n) is 6.48. The molecule has 1 aromatic heterocycles. The summed E-state index contributed by atoms with van der Waals surface area (Å²) in [5, 5.41) is 5.53. The molecule has 0 spiro atoms. The van der Waals surface area contributed by atoms with E-state index in [1.165, 1.54) is 16.0 Å². The number of nitrogens with one attached hydrogen (secondary N) is 1. The van der Waals surface area contributed by atoms with Crippen LogP contribution in [0.2, 0.25) is 0 Å². The predicted molar refractivity (Wildman–Crippen MR) is 109 cm³/mol. The van der Waals surface area contributed by atoms with Gasteiger partial charge in [-0.25, -0.2) is 4.99 Å². The van der Waals surface area contributed by atoms with Gasteiger partial charge in [0.05, 0.1) is 6.54 Å². The summed E-state index contributed by atoms with van der Waals surface area (Å²) < 4.78 is 0. The summed E-state index contributed by atoms with van der Waals surface area (Å²) in [4.78, 5) is 10.6. The highest BCUT2D eigenvalue weighted by atomic mass is 32.1. The first-order valence-electron chi connectivity index (χ1n) is 8.83. The molecule has 136 valence electrons. The minimum absolute atomic E-state index is 0.701. The highest BCUT2D eigenvalue weighted by Gasteiger charge is 2.06. The average molecular weight is 359 g/mol. The van der Waals surface area contributed by atoms with E-state index in [4.69, 9.17) is 4.99 Å². The molecule has 0 amide bonds.